The standard InChI is InChI=1S/C18H25N5OS/c19-11-21-13-6-15(7-13)23-10-14(8-17(23)24)22-18-20-9-16(25-18)12-4-2-1-3-5-12/h9,12-15,21H,1-8,10H2,(H,20,22)/t13?,14-,15?/m0/s1. The molecule has 6 nitrogen and oxygen atoms in total. The van der Waals surface area contributed by atoms with E-state index in [0.717, 1.165) is 24.5 Å². The molecule has 0 aromatic carbocycles. The molecule has 134 valence electrons. The van der Waals surface area contributed by atoms with Crippen LogP contribution in [0.4, 0.5) is 5.13 Å². The van der Waals surface area contributed by atoms with Crippen LogP contribution < -0.4 is 10.6 Å². The van der Waals surface area contributed by atoms with Gasteiger partial charge in [-0.05, 0) is 31.6 Å². The van der Waals surface area contributed by atoms with E-state index in [1.54, 1.807) is 11.3 Å². The largest absolute Gasteiger partial charge is 0.356 e. The average molecular weight is 359 g/mol. The third-order valence-electron chi connectivity index (χ3n) is 5.84. The number of carbonyl (C=O) groups is 1. The van der Waals surface area contributed by atoms with Gasteiger partial charge in [0.05, 0.1) is 6.04 Å². The molecule has 2 N–H and O–H groups in total. The molecule has 1 aromatic heterocycles. The van der Waals surface area contributed by atoms with Gasteiger partial charge in [0.15, 0.2) is 11.3 Å². The Balaban J connectivity index is 1.30. The van der Waals surface area contributed by atoms with Gasteiger partial charge in [-0.15, -0.1) is 11.3 Å². The van der Waals surface area contributed by atoms with E-state index in [0.29, 0.717) is 18.4 Å². The van der Waals surface area contributed by atoms with E-state index in [1.165, 1.54) is 37.0 Å². The highest BCUT2D eigenvalue weighted by molar-refractivity contribution is 7.15. The molecule has 0 bridgehead atoms. The van der Waals surface area contributed by atoms with Crippen molar-refractivity contribution in [1.82, 2.24) is 15.2 Å². The predicted octanol–water partition coefficient (Wildman–Crippen LogP) is 2.81. The molecule has 3 aliphatic rings. The van der Waals surface area contributed by atoms with E-state index < -0.39 is 0 Å². The van der Waals surface area contributed by atoms with Gasteiger partial charge in [-0.2, -0.15) is 5.26 Å². The van der Waals surface area contributed by atoms with E-state index in [2.05, 4.69) is 15.6 Å². The zero-order chi connectivity index (χ0) is 17.2. The first-order chi connectivity index (χ1) is 12.2. The lowest BCUT2D eigenvalue weighted by molar-refractivity contribution is -0.131. The van der Waals surface area contributed by atoms with Gasteiger partial charge in [-0.25, -0.2) is 4.98 Å². The van der Waals surface area contributed by atoms with E-state index in [1.807, 2.05) is 17.3 Å². The molecule has 4 rings (SSSR count). The maximum atomic E-state index is 12.3. The Kier molecular flexibility index (Phi) is 4.80. The van der Waals surface area contributed by atoms with E-state index in [-0.39, 0.29) is 18.0 Å². The molecule has 25 heavy (non-hydrogen) atoms. The Labute approximate surface area is 152 Å². The normalized spacial score (nSPS) is 30.0. The third kappa shape index (κ3) is 3.59. The van der Waals surface area contributed by atoms with Gasteiger partial charge in [0.2, 0.25) is 5.91 Å². The number of likely N-dealkylation sites (tertiary alicyclic amines) is 1. The van der Waals surface area contributed by atoms with Crippen LogP contribution in [0, 0.1) is 11.5 Å². The Morgan fingerprint density at radius 1 is 1.24 bits per heavy atom. The van der Waals surface area contributed by atoms with Gasteiger partial charge in [0.25, 0.3) is 0 Å². The second-order valence-electron chi connectivity index (χ2n) is 7.57. The highest BCUT2D eigenvalue weighted by Crippen LogP contribution is 2.37. The van der Waals surface area contributed by atoms with E-state index in [4.69, 9.17) is 5.26 Å². The van der Waals surface area contributed by atoms with Gasteiger partial charge in [-0.3, -0.25) is 4.79 Å². The number of nitrogens with zero attached hydrogens (tertiary/aromatic N) is 3. The molecule has 0 radical (unpaired) electrons. The van der Waals surface area contributed by atoms with Crippen molar-refractivity contribution in [3.05, 3.63) is 11.1 Å². The molecule has 1 amide bonds. The Morgan fingerprint density at radius 3 is 2.80 bits per heavy atom. The molecule has 1 aromatic rings. The maximum Gasteiger partial charge on any atom is 0.225 e. The number of hydrogen-bond acceptors (Lipinski definition) is 6. The topological polar surface area (TPSA) is 81.1 Å². The first kappa shape index (κ1) is 16.6. The summed E-state index contributed by atoms with van der Waals surface area (Å²) < 4.78 is 0. The van der Waals surface area contributed by atoms with E-state index >= 15 is 0 Å². The summed E-state index contributed by atoms with van der Waals surface area (Å²) in [6, 6.07) is 0.687. The van der Waals surface area contributed by atoms with Crippen molar-refractivity contribution in [2.75, 3.05) is 11.9 Å². The van der Waals surface area contributed by atoms with Crippen LogP contribution in [0.25, 0.3) is 0 Å². The molecule has 2 aliphatic carbocycles. The van der Waals surface area contributed by atoms with Crippen LogP contribution in [0.15, 0.2) is 6.20 Å². The minimum atomic E-state index is 0.154. The summed E-state index contributed by atoms with van der Waals surface area (Å²) in [6.07, 6.45) is 12.9. The van der Waals surface area contributed by atoms with Crippen LogP contribution in [0.5, 0.6) is 0 Å². The Bertz CT molecular complexity index is 657. The summed E-state index contributed by atoms with van der Waals surface area (Å²) in [5, 5.41) is 15.9. The van der Waals surface area contributed by atoms with E-state index in [9.17, 15) is 4.79 Å². The molecule has 2 heterocycles. The number of carbonyl (C=O) groups excluding carboxylic acids is 1. The van der Waals surface area contributed by atoms with Gasteiger partial charge in [0, 0.05) is 36.1 Å². The van der Waals surface area contributed by atoms with Crippen molar-refractivity contribution in [1.29, 1.82) is 5.26 Å². The van der Waals surface area contributed by atoms with Crippen molar-refractivity contribution < 1.29 is 4.79 Å². The van der Waals surface area contributed by atoms with Crippen molar-refractivity contribution in [3.63, 3.8) is 0 Å². The monoisotopic (exact) mass is 359 g/mol. The van der Waals surface area contributed by atoms with Gasteiger partial charge in [-0.1, -0.05) is 19.3 Å². The quantitative estimate of drug-likeness (QED) is 0.624. The summed E-state index contributed by atoms with van der Waals surface area (Å²) in [4.78, 5) is 20.2. The van der Waals surface area contributed by atoms with Crippen LogP contribution >= 0.6 is 11.3 Å². The smallest absolute Gasteiger partial charge is 0.225 e. The number of anilines is 1. The fourth-order valence-electron chi connectivity index (χ4n) is 4.34. The molecule has 1 atom stereocenters. The molecule has 7 heteroatoms. The highest BCUT2D eigenvalue weighted by atomic mass is 32.1. The zero-order valence-corrected chi connectivity index (χ0v) is 15.2. The molecule has 0 spiro atoms. The van der Waals surface area contributed by atoms with Crippen molar-refractivity contribution in [2.24, 2.45) is 0 Å². The zero-order valence-electron chi connectivity index (χ0n) is 14.4. The molecule has 0 unspecified atom stereocenters. The maximum absolute atomic E-state index is 12.3. The first-order valence-corrected chi connectivity index (χ1v) is 10.2. The van der Waals surface area contributed by atoms with Crippen LogP contribution in [0.2, 0.25) is 0 Å². The number of hydrogen-bond donors (Lipinski definition) is 2. The lowest BCUT2D eigenvalue weighted by Crippen LogP contribution is -2.52. The summed E-state index contributed by atoms with van der Waals surface area (Å²) in [6.45, 7) is 0.751. The summed E-state index contributed by atoms with van der Waals surface area (Å²) in [7, 11) is 0. The summed E-state index contributed by atoms with van der Waals surface area (Å²) >= 11 is 1.77. The van der Waals surface area contributed by atoms with Crippen LogP contribution in [-0.4, -0.2) is 40.5 Å². The number of thiazole rings is 1. The lowest BCUT2D eigenvalue weighted by Gasteiger charge is -2.40. The predicted molar refractivity (Wildman–Crippen MR) is 97.2 cm³/mol. The second-order valence-corrected chi connectivity index (χ2v) is 8.63. The summed E-state index contributed by atoms with van der Waals surface area (Å²) in [5.41, 5.74) is 0. The molecular weight excluding hydrogens is 334 g/mol. The Hall–Kier alpha value is -1.81. The fraction of sp³-hybridized carbons (Fsp3) is 0.722. The number of amides is 1. The molecule has 1 aliphatic heterocycles. The highest BCUT2D eigenvalue weighted by Gasteiger charge is 2.41. The van der Waals surface area contributed by atoms with Crippen LogP contribution in [0.3, 0.4) is 0 Å². The number of nitriles is 1. The Morgan fingerprint density at radius 2 is 2.04 bits per heavy atom. The van der Waals surface area contributed by atoms with Crippen LogP contribution in [-0.2, 0) is 4.79 Å². The average Bonchev–Trinajstić information content (AvgIpc) is 3.19. The van der Waals surface area contributed by atoms with Gasteiger partial charge >= 0.3 is 0 Å². The van der Waals surface area contributed by atoms with Gasteiger partial charge < -0.3 is 15.5 Å². The third-order valence-corrected chi connectivity index (χ3v) is 6.93. The number of aromatic nitrogens is 1. The van der Waals surface area contributed by atoms with Crippen molar-refractivity contribution >= 4 is 22.4 Å². The molecular formula is C18H25N5OS. The number of rotatable bonds is 5. The van der Waals surface area contributed by atoms with Crippen molar-refractivity contribution in [2.45, 2.75) is 75.4 Å². The second kappa shape index (κ2) is 7.20. The van der Waals surface area contributed by atoms with Crippen molar-refractivity contribution in [3.8, 4) is 6.19 Å². The molecule has 2 saturated carbocycles. The summed E-state index contributed by atoms with van der Waals surface area (Å²) in [5.74, 6) is 0.907. The SMILES string of the molecule is N#CNC1CC(N2C[C@@H](Nc3ncc(C4CCCCC4)s3)CC2=O)C1. The minimum Gasteiger partial charge on any atom is -0.356 e. The fourth-order valence-corrected chi connectivity index (χ4v) is 5.40. The lowest BCUT2D eigenvalue weighted by atomic mass is 9.86. The number of nitrogens with one attached hydrogen (secondary N) is 2. The minimum absolute atomic E-state index is 0.154. The van der Waals surface area contributed by atoms with Gasteiger partial charge in [0.1, 0.15) is 0 Å². The molecule has 3 fully saturated rings. The van der Waals surface area contributed by atoms with Crippen LogP contribution in [0.1, 0.15) is 62.2 Å². The molecule has 1 saturated heterocycles. The first-order valence-electron chi connectivity index (χ1n) is 9.39.